The average Bonchev–Trinajstić information content (AvgIpc) is 1.62. The quantitative estimate of drug-likeness (QED) is 0.574. The number of halogens is 1. The molecular formula is C5H11IO2S. The van der Waals surface area contributed by atoms with Gasteiger partial charge in [0.25, 0.3) is 0 Å². The molecule has 0 aliphatic carbocycles. The van der Waals surface area contributed by atoms with Crippen molar-refractivity contribution in [3.8, 4) is 0 Å². The lowest BCUT2D eigenvalue weighted by atomic mass is 10.2. The van der Waals surface area contributed by atoms with Crippen LogP contribution in [0.25, 0.3) is 0 Å². The van der Waals surface area contributed by atoms with E-state index in [9.17, 15) is 8.42 Å². The lowest BCUT2D eigenvalue weighted by Crippen LogP contribution is -2.06. The molecule has 0 aliphatic heterocycles. The zero-order chi connectivity index (χ0) is 7.49. The van der Waals surface area contributed by atoms with E-state index in [4.69, 9.17) is 0 Å². The molecule has 9 heavy (non-hydrogen) atoms. The van der Waals surface area contributed by atoms with Crippen LogP contribution in [0, 0.1) is 5.92 Å². The summed E-state index contributed by atoms with van der Waals surface area (Å²) in [6.07, 6.45) is 0.933. The fraction of sp³-hybridized carbons (Fsp3) is 1.00. The van der Waals surface area contributed by atoms with E-state index < -0.39 is 7.01 Å². The van der Waals surface area contributed by atoms with Crippen LogP contribution in [0.4, 0.5) is 0 Å². The Labute approximate surface area is 68.5 Å². The fourth-order valence-corrected chi connectivity index (χ4v) is 3.21. The van der Waals surface area contributed by atoms with Crippen molar-refractivity contribution < 1.29 is 8.42 Å². The summed E-state index contributed by atoms with van der Waals surface area (Å²) in [4.78, 5) is 0. The van der Waals surface area contributed by atoms with Crippen LogP contribution in [-0.2, 0) is 7.01 Å². The second kappa shape index (κ2) is 3.75. The SMILES string of the molecule is CCC(C)CS(=O)(=O)I. The van der Waals surface area contributed by atoms with E-state index in [0.29, 0.717) is 11.7 Å². The van der Waals surface area contributed by atoms with Gasteiger partial charge in [0.15, 0.2) is 0 Å². The summed E-state index contributed by atoms with van der Waals surface area (Å²) in [5.41, 5.74) is 0. The predicted molar refractivity (Wildman–Crippen MR) is 47.3 cm³/mol. The molecule has 1 unspecified atom stereocenters. The van der Waals surface area contributed by atoms with Crippen LogP contribution in [0.5, 0.6) is 0 Å². The Balaban J connectivity index is 3.75. The van der Waals surface area contributed by atoms with E-state index >= 15 is 0 Å². The first kappa shape index (κ1) is 9.68. The molecule has 0 aromatic heterocycles. The normalized spacial score (nSPS) is 15.4. The van der Waals surface area contributed by atoms with Gasteiger partial charge in [-0.1, -0.05) is 20.3 Å². The second-order valence-electron chi connectivity index (χ2n) is 2.22. The summed E-state index contributed by atoms with van der Waals surface area (Å²) >= 11 is 1.49. The molecule has 2 nitrogen and oxygen atoms in total. The molecule has 0 saturated carbocycles. The molecule has 0 saturated heterocycles. The maximum atomic E-state index is 10.6. The van der Waals surface area contributed by atoms with Crippen LogP contribution in [0.3, 0.4) is 0 Å². The summed E-state index contributed by atoms with van der Waals surface area (Å²) in [6, 6.07) is 0. The molecule has 4 heteroatoms. The highest BCUT2D eigenvalue weighted by molar-refractivity contribution is 14.2. The molecule has 0 radical (unpaired) electrons. The summed E-state index contributed by atoms with van der Waals surface area (Å²) in [7, 11) is -2.77. The highest BCUT2D eigenvalue weighted by atomic mass is 127. The van der Waals surface area contributed by atoms with Gasteiger partial charge in [-0.05, 0) is 5.92 Å². The monoisotopic (exact) mass is 262 g/mol. The third-order valence-corrected chi connectivity index (χ3v) is 3.23. The Kier molecular flexibility index (Phi) is 4.04. The topological polar surface area (TPSA) is 34.1 Å². The number of hydrogen-bond acceptors (Lipinski definition) is 2. The molecular weight excluding hydrogens is 251 g/mol. The molecule has 56 valence electrons. The van der Waals surface area contributed by atoms with Gasteiger partial charge in [0, 0.05) is 0 Å². The van der Waals surface area contributed by atoms with E-state index in [-0.39, 0.29) is 0 Å². The van der Waals surface area contributed by atoms with Crippen LogP contribution in [-0.4, -0.2) is 14.2 Å². The Morgan fingerprint density at radius 3 is 2.11 bits per heavy atom. The fourth-order valence-electron chi connectivity index (χ4n) is 0.458. The van der Waals surface area contributed by atoms with Gasteiger partial charge >= 0.3 is 0 Å². The van der Waals surface area contributed by atoms with Gasteiger partial charge in [0.1, 0.15) is 0 Å². The van der Waals surface area contributed by atoms with Crippen molar-refractivity contribution in [3.05, 3.63) is 0 Å². The van der Waals surface area contributed by atoms with Crippen molar-refractivity contribution in [2.45, 2.75) is 20.3 Å². The maximum absolute atomic E-state index is 10.6. The van der Waals surface area contributed by atoms with Gasteiger partial charge in [0.2, 0.25) is 7.01 Å². The van der Waals surface area contributed by atoms with Crippen LogP contribution in [0.2, 0.25) is 0 Å². The van der Waals surface area contributed by atoms with Gasteiger partial charge in [-0.2, -0.15) is 0 Å². The van der Waals surface area contributed by atoms with Crippen molar-refractivity contribution in [1.29, 1.82) is 0 Å². The molecule has 0 amide bonds. The molecule has 0 spiro atoms. The summed E-state index contributed by atoms with van der Waals surface area (Å²) < 4.78 is 21.2. The van der Waals surface area contributed by atoms with Crippen molar-refractivity contribution in [3.63, 3.8) is 0 Å². The molecule has 1 atom stereocenters. The second-order valence-corrected chi connectivity index (χ2v) is 7.66. The first-order valence-corrected chi connectivity index (χ1v) is 7.07. The average molecular weight is 262 g/mol. The van der Waals surface area contributed by atoms with Gasteiger partial charge < -0.3 is 0 Å². The lowest BCUT2D eigenvalue weighted by Gasteiger charge is -2.02. The van der Waals surface area contributed by atoms with Gasteiger partial charge in [-0.15, -0.1) is 0 Å². The molecule has 0 N–H and O–H groups in total. The molecule has 0 aromatic carbocycles. The largest absolute Gasteiger partial charge is 0.218 e. The van der Waals surface area contributed by atoms with Crippen molar-refractivity contribution in [2.75, 3.05) is 5.75 Å². The van der Waals surface area contributed by atoms with Crippen LogP contribution < -0.4 is 0 Å². The Bertz CT molecular complexity index is 162. The number of hydrogen-bond donors (Lipinski definition) is 0. The predicted octanol–water partition coefficient (Wildman–Crippen LogP) is 1.80. The zero-order valence-electron chi connectivity index (χ0n) is 5.59. The first-order valence-electron chi connectivity index (χ1n) is 2.88. The summed E-state index contributed by atoms with van der Waals surface area (Å²) in [5.74, 6) is 0.608. The standard InChI is InChI=1S/C5H11IO2S/c1-3-5(2)4-9(6,7)8/h5H,3-4H2,1-2H3. The Morgan fingerprint density at radius 2 is 2.00 bits per heavy atom. The summed E-state index contributed by atoms with van der Waals surface area (Å²) in [6.45, 7) is 3.93. The van der Waals surface area contributed by atoms with Crippen LogP contribution in [0.1, 0.15) is 20.3 Å². The molecule has 0 aromatic rings. The molecule has 0 bridgehead atoms. The third kappa shape index (κ3) is 6.57. The maximum Gasteiger partial charge on any atom is 0.203 e. The highest BCUT2D eigenvalue weighted by Crippen LogP contribution is 2.10. The van der Waals surface area contributed by atoms with E-state index in [0.717, 1.165) is 6.42 Å². The van der Waals surface area contributed by atoms with Gasteiger partial charge in [-0.25, -0.2) is 8.42 Å². The third-order valence-electron chi connectivity index (χ3n) is 1.18. The van der Waals surface area contributed by atoms with E-state index in [2.05, 4.69) is 0 Å². The van der Waals surface area contributed by atoms with Crippen molar-refractivity contribution >= 4 is 28.2 Å². The van der Waals surface area contributed by atoms with Crippen molar-refractivity contribution in [2.24, 2.45) is 5.92 Å². The van der Waals surface area contributed by atoms with Gasteiger partial charge in [0.05, 0.1) is 27.0 Å². The van der Waals surface area contributed by atoms with E-state index in [1.54, 1.807) is 0 Å². The minimum absolute atomic E-state index is 0.298. The highest BCUT2D eigenvalue weighted by Gasteiger charge is 2.08. The zero-order valence-corrected chi connectivity index (χ0v) is 8.57. The van der Waals surface area contributed by atoms with Crippen LogP contribution in [0.15, 0.2) is 0 Å². The summed E-state index contributed by atoms with van der Waals surface area (Å²) in [5, 5.41) is 0. The van der Waals surface area contributed by atoms with E-state index in [1.807, 2.05) is 13.8 Å². The molecule has 0 heterocycles. The number of rotatable bonds is 3. The molecule has 0 fully saturated rings. The minimum Gasteiger partial charge on any atom is -0.218 e. The van der Waals surface area contributed by atoms with E-state index in [1.165, 1.54) is 21.2 Å². The first-order chi connectivity index (χ1) is 3.95. The molecule has 0 aliphatic rings. The molecule has 0 rings (SSSR count). The Hall–Kier alpha value is 0.680. The Morgan fingerprint density at radius 1 is 1.56 bits per heavy atom. The van der Waals surface area contributed by atoms with Gasteiger partial charge in [-0.3, -0.25) is 0 Å². The lowest BCUT2D eigenvalue weighted by molar-refractivity contribution is 0.578. The minimum atomic E-state index is -2.77. The van der Waals surface area contributed by atoms with Crippen LogP contribution >= 0.6 is 21.2 Å². The smallest absolute Gasteiger partial charge is 0.203 e. The van der Waals surface area contributed by atoms with Crippen molar-refractivity contribution in [1.82, 2.24) is 0 Å².